The van der Waals surface area contributed by atoms with Crippen LogP contribution >= 0.6 is 0 Å². The molecule has 0 aromatic heterocycles. The van der Waals surface area contributed by atoms with Gasteiger partial charge in [0.2, 0.25) is 0 Å². The zero-order valence-corrected chi connectivity index (χ0v) is 8.44. The maximum atomic E-state index is 10.6. The maximum Gasteiger partial charge on any atom is 0.306 e. The molecule has 4 nitrogen and oxygen atoms in total. The van der Waals surface area contributed by atoms with Crippen LogP contribution < -0.4 is 0 Å². The van der Waals surface area contributed by atoms with E-state index in [4.69, 9.17) is 10.4 Å². The van der Waals surface area contributed by atoms with Crippen LogP contribution in [0.15, 0.2) is 0 Å². The third kappa shape index (κ3) is 2.71. The van der Waals surface area contributed by atoms with Crippen LogP contribution in [-0.4, -0.2) is 35.6 Å². The van der Waals surface area contributed by atoms with Gasteiger partial charge in [0, 0.05) is 19.5 Å². The van der Waals surface area contributed by atoms with E-state index in [1.54, 1.807) is 6.92 Å². The van der Waals surface area contributed by atoms with Gasteiger partial charge in [0.25, 0.3) is 0 Å². The van der Waals surface area contributed by atoms with Gasteiger partial charge in [-0.1, -0.05) is 6.92 Å². The standard InChI is InChI=1S/C10H16N2O2/c1-8(10(13)14)9-6-12(7-9)5-3-2-4-11/h8-9H,2-3,5-7H2,1H3,(H,13,14). The summed E-state index contributed by atoms with van der Waals surface area (Å²) in [7, 11) is 0. The maximum absolute atomic E-state index is 10.6. The average molecular weight is 196 g/mol. The highest BCUT2D eigenvalue weighted by molar-refractivity contribution is 5.70. The molecule has 1 atom stereocenters. The van der Waals surface area contributed by atoms with E-state index >= 15 is 0 Å². The largest absolute Gasteiger partial charge is 0.481 e. The zero-order chi connectivity index (χ0) is 10.6. The number of aliphatic carboxylic acids is 1. The van der Waals surface area contributed by atoms with Crippen molar-refractivity contribution in [3.05, 3.63) is 0 Å². The van der Waals surface area contributed by atoms with Crippen molar-refractivity contribution in [2.45, 2.75) is 19.8 Å². The first-order valence-electron chi connectivity index (χ1n) is 4.97. The molecule has 1 N–H and O–H groups in total. The summed E-state index contributed by atoms with van der Waals surface area (Å²) < 4.78 is 0. The van der Waals surface area contributed by atoms with Gasteiger partial charge >= 0.3 is 5.97 Å². The Morgan fingerprint density at radius 1 is 1.71 bits per heavy atom. The van der Waals surface area contributed by atoms with Crippen molar-refractivity contribution in [1.29, 1.82) is 5.26 Å². The molecular weight excluding hydrogens is 180 g/mol. The number of likely N-dealkylation sites (tertiary alicyclic amines) is 1. The van der Waals surface area contributed by atoms with Crippen LogP contribution in [0.1, 0.15) is 19.8 Å². The van der Waals surface area contributed by atoms with Gasteiger partial charge in [-0.2, -0.15) is 5.26 Å². The molecule has 1 aliphatic heterocycles. The second kappa shape index (κ2) is 4.97. The van der Waals surface area contributed by atoms with Gasteiger partial charge in [-0.3, -0.25) is 4.79 Å². The molecule has 0 radical (unpaired) electrons. The van der Waals surface area contributed by atoms with E-state index < -0.39 is 5.97 Å². The summed E-state index contributed by atoms with van der Waals surface area (Å²) in [5.41, 5.74) is 0. The third-order valence-electron chi connectivity index (χ3n) is 2.84. The lowest BCUT2D eigenvalue weighted by molar-refractivity contribution is -0.145. The Bertz CT molecular complexity index is 241. The van der Waals surface area contributed by atoms with Gasteiger partial charge in [-0.15, -0.1) is 0 Å². The highest BCUT2D eigenvalue weighted by atomic mass is 16.4. The molecule has 0 spiro atoms. The molecule has 1 heterocycles. The number of unbranched alkanes of at least 4 members (excludes halogenated alkanes) is 1. The summed E-state index contributed by atoms with van der Waals surface area (Å²) in [5, 5.41) is 17.1. The van der Waals surface area contributed by atoms with Crippen LogP contribution in [0.25, 0.3) is 0 Å². The smallest absolute Gasteiger partial charge is 0.306 e. The normalized spacial score (nSPS) is 19.7. The van der Waals surface area contributed by atoms with Gasteiger partial charge < -0.3 is 10.0 Å². The van der Waals surface area contributed by atoms with Gasteiger partial charge in [-0.05, 0) is 18.9 Å². The summed E-state index contributed by atoms with van der Waals surface area (Å²) in [5.74, 6) is -0.636. The predicted molar refractivity (Wildman–Crippen MR) is 51.6 cm³/mol. The van der Waals surface area contributed by atoms with Crippen molar-refractivity contribution >= 4 is 5.97 Å². The number of carbonyl (C=O) groups is 1. The topological polar surface area (TPSA) is 64.3 Å². The van der Waals surface area contributed by atoms with E-state index in [0.29, 0.717) is 12.3 Å². The van der Waals surface area contributed by atoms with Crippen molar-refractivity contribution in [3.8, 4) is 6.07 Å². The SMILES string of the molecule is CC(C(=O)O)C1CN(CCCC#N)C1. The van der Waals surface area contributed by atoms with E-state index in [1.807, 2.05) is 0 Å². The lowest BCUT2D eigenvalue weighted by Gasteiger charge is -2.41. The zero-order valence-electron chi connectivity index (χ0n) is 8.44. The van der Waals surface area contributed by atoms with Gasteiger partial charge in [-0.25, -0.2) is 0 Å². The second-order valence-corrected chi connectivity index (χ2v) is 3.91. The molecule has 0 saturated carbocycles. The second-order valence-electron chi connectivity index (χ2n) is 3.91. The number of rotatable bonds is 5. The molecular formula is C10H16N2O2. The van der Waals surface area contributed by atoms with Crippen molar-refractivity contribution in [1.82, 2.24) is 4.90 Å². The highest BCUT2D eigenvalue weighted by Crippen LogP contribution is 2.23. The Morgan fingerprint density at radius 3 is 2.86 bits per heavy atom. The quantitative estimate of drug-likeness (QED) is 0.665. The Labute approximate surface area is 84.1 Å². The fourth-order valence-electron chi connectivity index (χ4n) is 1.69. The first kappa shape index (κ1) is 11.0. The number of carboxylic acid groups (broad SMARTS) is 1. The molecule has 0 aromatic rings. The predicted octanol–water partition coefficient (Wildman–Crippen LogP) is 0.943. The van der Waals surface area contributed by atoms with Gasteiger partial charge in [0.1, 0.15) is 0 Å². The van der Waals surface area contributed by atoms with Crippen molar-refractivity contribution in [2.75, 3.05) is 19.6 Å². The average Bonchev–Trinajstić information content (AvgIpc) is 2.08. The van der Waals surface area contributed by atoms with Crippen molar-refractivity contribution in [2.24, 2.45) is 11.8 Å². The van der Waals surface area contributed by atoms with E-state index in [2.05, 4.69) is 11.0 Å². The summed E-state index contributed by atoms with van der Waals surface area (Å²) in [4.78, 5) is 12.8. The number of nitriles is 1. The van der Waals surface area contributed by atoms with Gasteiger partial charge in [0.15, 0.2) is 0 Å². The highest BCUT2D eigenvalue weighted by Gasteiger charge is 2.33. The lowest BCUT2D eigenvalue weighted by atomic mass is 9.87. The molecule has 0 bridgehead atoms. The summed E-state index contributed by atoms with van der Waals surface area (Å²) >= 11 is 0. The lowest BCUT2D eigenvalue weighted by Crippen LogP contribution is -2.51. The Balaban J connectivity index is 2.11. The van der Waals surface area contributed by atoms with Crippen LogP contribution in [0.5, 0.6) is 0 Å². The summed E-state index contributed by atoms with van der Waals surface area (Å²) in [6, 6.07) is 2.10. The van der Waals surface area contributed by atoms with E-state index in [0.717, 1.165) is 26.1 Å². The molecule has 78 valence electrons. The minimum atomic E-state index is -0.702. The number of hydrogen-bond donors (Lipinski definition) is 1. The first-order chi connectivity index (χ1) is 6.65. The molecule has 0 aromatic carbocycles. The molecule has 0 amide bonds. The molecule has 4 heteroatoms. The monoisotopic (exact) mass is 196 g/mol. The number of carboxylic acids is 1. The Kier molecular flexibility index (Phi) is 3.90. The third-order valence-corrected chi connectivity index (χ3v) is 2.84. The fraction of sp³-hybridized carbons (Fsp3) is 0.800. The fourth-order valence-corrected chi connectivity index (χ4v) is 1.69. The van der Waals surface area contributed by atoms with Crippen LogP contribution in [0, 0.1) is 23.2 Å². The summed E-state index contributed by atoms with van der Waals surface area (Å²) in [6.07, 6.45) is 1.49. The minimum absolute atomic E-state index is 0.234. The number of hydrogen-bond acceptors (Lipinski definition) is 3. The minimum Gasteiger partial charge on any atom is -0.481 e. The van der Waals surface area contributed by atoms with E-state index in [-0.39, 0.29) is 5.92 Å². The molecule has 1 rings (SSSR count). The molecule has 0 aliphatic carbocycles. The van der Waals surface area contributed by atoms with Crippen molar-refractivity contribution < 1.29 is 9.90 Å². The number of nitrogens with zero attached hydrogens (tertiary/aromatic N) is 2. The van der Waals surface area contributed by atoms with Crippen LogP contribution in [0.2, 0.25) is 0 Å². The van der Waals surface area contributed by atoms with Crippen molar-refractivity contribution in [3.63, 3.8) is 0 Å². The van der Waals surface area contributed by atoms with E-state index in [9.17, 15) is 4.79 Å². The molecule has 1 saturated heterocycles. The molecule has 1 aliphatic rings. The Hall–Kier alpha value is -1.08. The molecule has 1 unspecified atom stereocenters. The van der Waals surface area contributed by atoms with Crippen LogP contribution in [0.3, 0.4) is 0 Å². The molecule has 14 heavy (non-hydrogen) atoms. The van der Waals surface area contributed by atoms with Crippen LogP contribution in [0.4, 0.5) is 0 Å². The van der Waals surface area contributed by atoms with Crippen LogP contribution in [-0.2, 0) is 4.79 Å². The summed E-state index contributed by atoms with van der Waals surface area (Å²) in [6.45, 7) is 4.44. The van der Waals surface area contributed by atoms with E-state index in [1.165, 1.54) is 0 Å². The Morgan fingerprint density at radius 2 is 2.36 bits per heavy atom. The molecule has 1 fully saturated rings. The first-order valence-corrected chi connectivity index (χ1v) is 4.97. The van der Waals surface area contributed by atoms with Gasteiger partial charge in [0.05, 0.1) is 12.0 Å².